The SMILES string of the molecule is CN(C)C(=O)n1[c]c(-c2ccc(Cl)cc2)c(-c2ccc(S(N)(=O)=O)cc2)n1. The molecule has 0 saturated heterocycles. The lowest BCUT2D eigenvalue weighted by Crippen LogP contribution is -2.27. The normalized spacial score (nSPS) is 11.4. The summed E-state index contributed by atoms with van der Waals surface area (Å²) in [5.41, 5.74) is 2.45. The van der Waals surface area contributed by atoms with Crippen molar-refractivity contribution >= 4 is 27.7 Å². The number of hydrogen-bond acceptors (Lipinski definition) is 4. The van der Waals surface area contributed by atoms with E-state index in [0.717, 1.165) is 10.2 Å². The molecular formula is C18H16ClN4O3S. The molecule has 139 valence electrons. The molecule has 0 spiro atoms. The van der Waals surface area contributed by atoms with Crippen molar-refractivity contribution in [2.24, 2.45) is 5.14 Å². The van der Waals surface area contributed by atoms with E-state index in [9.17, 15) is 13.2 Å². The number of halogens is 1. The lowest BCUT2D eigenvalue weighted by molar-refractivity contribution is 0.215. The molecule has 1 aromatic heterocycles. The van der Waals surface area contributed by atoms with Gasteiger partial charge in [0, 0.05) is 30.2 Å². The monoisotopic (exact) mass is 403 g/mol. The molecule has 1 radical (unpaired) electrons. The van der Waals surface area contributed by atoms with Gasteiger partial charge in [0.1, 0.15) is 11.9 Å². The van der Waals surface area contributed by atoms with E-state index in [2.05, 4.69) is 11.3 Å². The van der Waals surface area contributed by atoms with E-state index >= 15 is 0 Å². The van der Waals surface area contributed by atoms with Crippen molar-refractivity contribution in [3.05, 3.63) is 59.8 Å². The molecule has 9 heteroatoms. The van der Waals surface area contributed by atoms with Crippen molar-refractivity contribution in [1.82, 2.24) is 14.7 Å². The summed E-state index contributed by atoms with van der Waals surface area (Å²) in [6.07, 6.45) is 2.97. The second-order valence-electron chi connectivity index (χ2n) is 6.00. The molecule has 0 saturated carbocycles. The van der Waals surface area contributed by atoms with Gasteiger partial charge >= 0.3 is 6.03 Å². The standard InChI is InChI=1S/C18H16ClN4O3S/c1-22(2)18(24)23-11-16(12-3-7-14(19)8-4-12)17(21-23)13-5-9-15(10-6-13)27(20,25)26/h3-10H,1-2H3,(H2,20,25,26). The zero-order chi connectivity index (χ0) is 19.8. The minimum absolute atomic E-state index is 0.00734. The third-order valence-electron chi connectivity index (χ3n) is 3.81. The van der Waals surface area contributed by atoms with Gasteiger partial charge in [-0.3, -0.25) is 0 Å². The molecule has 0 unspecified atom stereocenters. The summed E-state index contributed by atoms with van der Waals surface area (Å²) in [7, 11) is -0.574. The van der Waals surface area contributed by atoms with Crippen molar-refractivity contribution in [2.75, 3.05) is 14.1 Å². The van der Waals surface area contributed by atoms with Gasteiger partial charge in [0.25, 0.3) is 0 Å². The van der Waals surface area contributed by atoms with Gasteiger partial charge < -0.3 is 4.90 Å². The van der Waals surface area contributed by atoms with E-state index in [1.807, 2.05) is 0 Å². The van der Waals surface area contributed by atoms with E-state index in [0.29, 0.717) is 21.8 Å². The van der Waals surface area contributed by atoms with Gasteiger partial charge in [0.15, 0.2) is 0 Å². The molecule has 1 amide bonds. The Morgan fingerprint density at radius 3 is 2.15 bits per heavy atom. The van der Waals surface area contributed by atoms with Gasteiger partial charge in [-0.25, -0.2) is 18.4 Å². The molecule has 0 aliphatic carbocycles. The van der Waals surface area contributed by atoms with Crippen molar-refractivity contribution < 1.29 is 13.2 Å². The molecular weight excluding hydrogens is 388 g/mol. The first kappa shape index (κ1) is 19.1. The lowest BCUT2D eigenvalue weighted by atomic mass is 10.0. The first-order chi connectivity index (χ1) is 12.7. The summed E-state index contributed by atoms with van der Waals surface area (Å²) in [6.45, 7) is 0. The number of benzene rings is 2. The summed E-state index contributed by atoms with van der Waals surface area (Å²) >= 11 is 5.95. The maximum Gasteiger partial charge on any atom is 0.344 e. The fourth-order valence-electron chi connectivity index (χ4n) is 2.44. The van der Waals surface area contributed by atoms with Crippen molar-refractivity contribution in [3.63, 3.8) is 0 Å². The Morgan fingerprint density at radius 1 is 1.07 bits per heavy atom. The van der Waals surface area contributed by atoms with Gasteiger partial charge in [-0.05, 0) is 29.8 Å². The molecule has 0 bridgehead atoms. The van der Waals surface area contributed by atoms with Crippen LogP contribution >= 0.6 is 11.6 Å². The zero-order valence-corrected chi connectivity index (χ0v) is 16.1. The van der Waals surface area contributed by atoms with Crippen LogP contribution in [0, 0.1) is 6.20 Å². The summed E-state index contributed by atoms with van der Waals surface area (Å²) in [6, 6.07) is 12.6. The van der Waals surface area contributed by atoms with Crippen LogP contribution in [0.15, 0.2) is 53.4 Å². The molecule has 0 fully saturated rings. The third-order valence-corrected chi connectivity index (χ3v) is 4.99. The Hall–Kier alpha value is -2.68. The average Bonchev–Trinajstić information content (AvgIpc) is 3.06. The highest BCUT2D eigenvalue weighted by Crippen LogP contribution is 2.32. The highest BCUT2D eigenvalue weighted by Gasteiger charge is 2.19. The highest BCUT2D eigenvalue weighted by molar-refractivity contribution is 7.89. The van der Waals surface area contributed by atoms with Gasteiger partial charge in [-0.1, -0.05) is 35.9 Å². The second kappa shape index (κ2) is 7.15. The van der Waals surface area contributed by atoms with Crippen molar-refractivity contribution in [3.8, 4) is 22.4 Å². The number of amides is 1. The summed E-state index contributed by atoms with van der Waals surface area (Å²) in [4.78, 5) is 13.7. The van der Waals surface area contributed by atoms with Gasteiger partial charge in [-0.15, -0.1) is 0 Å². The van der Waals surface area contributed by atoms with Crippen LogP contribution in [-0.4, -0.2) is 43.2 Å². The number of carbonyl (C=O) groups excluding carboxylic acids is 1. The Labute approximate surface area is 162 Å². The summed E-state index contributed by atoms with van der Waals surface area (Å²) < 4.78 is 24.0. The minimum atomic E-state index is -3.80. The molecule has 7 nitrogen and oxygen atoms in total. The van der Waals surface area contributed by atoms with E-state index in [4.69, 9.17) is 16.7 Å². The Bertz CT molecular complexity index is 1090. The van der Waals surface area contributed by atoms with Crippen LogP contribution in [0.3, 0.4) is 0 Å². The highest BCUT2D eigenvalue weighted by atomic mass is 35.5. The van der Waals surface area contributed by atoms with Gasteiger partial charge in [-0.2, -0.15) is 9.78 Å². The van der Waals surface area contributed by atoms with Crippen LogP contribution < -0.4 is 5.14 Å². The van der Waals surface area contributed by atoms with E-state index in [1.165, 1.54) is 17.0 Å². The maximum atomic E-state index is 12.3. The van der Waals surface area contributed by atoms with E-state index in [1.54, 1.807) is 50.5 Å². The Morgan fingerprint density at radius 2 is 1.63 bits per heavy atom. The number of hydrogen-bond donors (Lipinski definition) is 1. The summed E-state index contributed by atoms with van der Waals surface area (Å²) in [5, 5.41) is 10.1. The van der Waals surface area contributed by atoms with Crippen LogP contribution in [0.2, 0.25) is 5.02 Å². The minimum Gasteiger partial charge on any atom is -0.329 e. The number of carbonyl (C=O) groups is 1. The van der Waals surface area contributed by atoms with Crippen molar-refractivity contribution in [1.29, 1.82) is 0 Å². The first-order valence-corrected chi connectivity index (χ1v) is 9.72. The molecule has 3 aromatic rings. The fraction of sp³-hybridized carbons (Fsp3) is 0.111. The number of nitrogens with zero attached hydrogens (tertiary/aromatic N) is 3. The number of sulfonamides is 1. The van der Waals surface area contributed by atoms with Gasteiger partial charge in [0.05, 0.1) is 4.90 Å². The molecule has 1 heterocycles. The Balaban J connectivity index is 2.15. The topological polar surface area (TPSA) is 98.3 Å². The van der Waals surface area contributed by atoms with Crippen LogP contribution in [0.4, 0.5) is 4.79 Å². The Kier molecular flexibility index (Phi) is 5.05. The smallest absolute Gasteiger partial charge is 0.329 e. The van der Waals surface area contributed by atoms with Gasteiger partial charge in [0.2, 0.25) is 10.0 Å². The lowest BCUT2D eigenvalue weighted by Gasteiger charge is -2.08. The molecule has 2 aromatic carbocycles. The number of nitrogens with two attached hydrogens (primary N) is 1. The molecule has 3 rings (SSSR count). The van der Waals surface area contributed by atoms with Crippen LogP contribution in [0.25, 0.3) is 22.4 Å². The van der Waals surface area contributed by atoms with Crippen LogP contribution in [-0.2, 0) is 10.0 Å². The summed E-state index contributed by atoms with van der Waals surface area (Å²) in [5.74, 6) is 0. The first-order valence-electron chi connectivity index (χ1n) is 7.80. The largest absolute Gasteiger partial charge is 0.344 e. The van der Waals surface area contributed by atoms with Crippen LogP contribution in [0.5, 0.6) is 0 Å². The maximum absolute atomic E-state index is 12.3. The number of primary sulfonamides is 1. The van der Waals surface area contributed by atoms with Crippen molar-refractivity contribution in [2.45, 2.75) is 4.90 Å². The van der Waals surface area contributed by atoms with E-state index < -0.39 is 10.0 Å². The van der Waals surface area contributed by atoms with Crippen LogP contribution in [0.1, 0.15) is 0 Å². The molecule has 0 atom stereocenters. The number of aromatic nitrogens is 2. The second-order valence-corrected chi connectivity index (χ2v) is 8.00. The molecule has 27 heavy (non-hydrogen) atoms. The number of rotatable bonds is 3. The fourth-order valence-corrected chi connectivity index (χ4v) is 3.08. The predicted molar refractivity (Wildman–Crippen MR) is 103 cm³/mol. The zero-order valence-electron chi connectivity index (χ0n) is 14.5. The van der Waals surface area contributed by atoms with E-state index in [-0.39, 0.29) is 10.9 Å². The molecule has 0 aliphatic heterocycles. The predicted octanol–water partition coefficient (Wildman–Crippen LogP) is 2.85. The third kappa shape index (κ3) is 4.02. The quantitative estimate of drug-likeness (QED) is 0.726. The molecule has 0 aliphatic rings. The average molecular weight is 404 g/mol. The molecule has 2 N–H and O–H groups in total.